The number of aromatic nitrogens is 3. The standard InChI is InChI=1S/C23H22F5N5O2S/c1-35-11-8-14-32-20-21(12-6-2-3-7-13(12)31-23(20)29)33(14)10-5-4-9-30-36(34)22-18(27)16(25)15(24)17(26)19(22)28/h2-3,6-7,30H,4-5,8-11H2,1H3,(H2,29,31). The highest BCUT2D eigenvalue weighted by Crippen LogP contribution is 2.29. The molecule has 192 valence electrons. The summed E-state index contributed by atoms with van der Waals surface area (Å²) in [4.78, 5) is 7.67. The number of nitrogens with one attached hydrogen (secondary N) is 1. The van der Waals surface area contributed by atoms with Crippen molar-refractivity contribution in [2.45, 2.75) is 30.7 Å². The zero-order chi connectivity index (χ0) is 26.0. The fraction of sp³-hybridized carbons (Fsp3) is 0.304. The van der Waals surface area contributed by atoms with Crippen LogP contribution in [0.3, 0.4) is 0 Å². The lowest BCUT2D eigenvalue weighted by Gasteiger charge is -2.12. The number of nitrogens with zero attached hydrogens (tertiary/aromatic N) is 3. The average Bonchev–Trinajstić information content (AvgIpc) is 3.24. The van der Waals surface area contributed by atoms with Gasteiger partial charge in [0.2, 0.25) is 5.82 Å². The molecule has 0 amide bonds. The molecule has 2 aromatic heterocycles. The van der Waals surface area contributed by atoms with E-state index in [2.05, 4.69) is 14.7 Å². The van der Waals surface area contributed by atoms with Crippen molar-refractivity contribution in [1.82, 2.24) is 19.3 Å². The number of unbranched alkanes of at least 4 members (excludes halogenated alkanes) is 1. The van der Waals surface area contributed by atoms with Crippen LogP contribution in [0.1, 0.15) is 18.7 Å². The van der Waals surface area contributed by atoms with Gasteiger partial charge in [0.05, 0.1) is 17.6 Å². The number of nitrogen functional groups attached to an aromatic ring is 1. The summed E-state index contributed by atoms with van der Waals surface area (Å²) in [5, 5.41) is 0.864. The van der Waals surface area contributed by atoms with Gasteiger partial charge < -0.3 is 15.0 Å². The summed E-state index contributed by atoms with van der Waals surface area (Å²) in [6.45, 7) is 0.896. The van der Waals surface area contributed by atoms with Crippen molar-refractivity contribution in [2.75, 3.05) is 26.0 Å². The normalized spacial score (nSPS) is 12.6. The molecule has 4 aromatic rings. The summed E-state index contributed by atoms with van der Waals surface area (Å²) in [5.74, 6) is -9.81. The van der Waals surface area contributed by atoms with Crippen LogP contribution in [0.2, 0.25) is 0 Å². The van der Waals surface area contributed by atoms with Gasteiger partial charge in [0.1, 0.15) is 27.2 Å². The van der Waals surface area contributed by atoms with Gasteiger partial charge in [-0.3, -0.25) is 0 Å². The van der Waals surface area contributed by atoms with Crippen molar-refractivity contribution in [2.24, 2.45) is 0 Å². The minimum atomic E-state index is -2.64. The van der Waals surface area contributed by atoms with Crippen molar-refractivity contribution in [3.8, 4) is 0 Å². The Morgan fingerprint density at radius 3 is 2.36 bits per heavy atom. The van der Waals surface area contributed by atoms with Crippen LogP contribution in [0, 0.1) is 29.1 Å². The van der Waals surface area contributed by atoms with Crippen molar-refractivity contribution in [1.29, 1.82) is 0 Å². The maximum absolute atomic E-state index is 13.9. The Bertz CT molecular complexity index is 1430. The molecule has 13 heteroatoms. The molecule has 0 radical (unpaired) electrons. The van der Waals surface area contributed by atoms with Gasteiger partial charge in [-0.25, -0.2) is 40.9 Å². The minimum absolute atomic E-state index is 0.00339. The number of halogens is 5. The molecule has 0 saturated heterocycles. The topological polar surface area (TPSA) is 95.1 Å². The number of ether oxygens (including phenoxy) is 1. The average molecular weight is 528 g/mol. The van der Waals surface area contributed by atoms with Gasteiger partial charge in [0.15, 0.2) is 29.1 Å². The van der Waals surface area contributed by atoms with Gasteiger partial charge in [-0.05, 0) is 18.9 Å². The first-order chi connectivity index (χ1) is 17.3. The summed E-state index contributed by atoms with van der Waals surface area (Å²) < 4.78 is 89.5. The van der Waals surface area contributed by atoms with Gasteiger partial charge in [0, 0.05) is 32.0 Å². The Labute approximate surface area is 205 Å². The molecular weight excluding hydrogens is 505 g/mol. The molecule has 3 N–H and O–H groups in total. The van der Waals surface area contributed by atoms with Crippen LogP contribution in [0.4, 0.5) is 27.8 Å². The van der Waals surface area contributed by atoms with Gasteiger partial charge in [-0.2, -0.15) is 0 Å². The zero-order valence-electron chi connectivity index (χ0n) is 19.1. The number of rotatable bonds is 10. The maximum Gasteiger partial charge on any atom is 0.200 e. The molecule has 0 fully saturated rings. The Morgan fingerprint density at radius 2 is 1.67 bits per heavy atom. The van der Waals surface area contributed by atoms with E-state index in [0.717, 1.165) is 16.7 Å². The molecule has 36 heavy (non-hydrogen) atoms. The van der Waals surface area contributed by atoms with Gasteiger partial charge in [0.25, 0.3) is 0 Å². The van der Waals surface area contributed by atoms with E-state index in [1.807, 2.05) is 28.8 Å². The van der Waals surface area contributed by atoms with Crippen molar-refractivity contribution >= 4 is 38.7 Å². The SMILES string of the molecule is COCCc1nc2c(N)nc3ccccc3c2n1CCCCNS(=O)c1c(F)c(F)c(F)c(F)c1F. The maximum atomic E-state index is 13.9. The van der Waals surface area contributed by atoms with Crippen molar-refractivity contribution in [3.63, 3.8) is 0 Å². The number of pyridine rings is 1. The summed E-state index contributed by atoms with van der Waals surface area (Å²) in [6.07, 6.45) is 1.41. The molecule has 1 unspecified atom stereocenters. The fourth-order valence-electron chi connectivity index (χ4n) is 3.91. The molecule has 0 bridgehead atoms. The summed E-state index contributed by atoms with van der Waals surface area (Å²) in [5.41, 5.74) is 8.23. The number of para-hydroxylation sites is 1. The molecule has 2 aromatic carbocycles. The fourth-order valence-corrected chi connectivity index (χ4v) is 4.89. The third-order valence-corrected chi connectivity index (χ3v) is 6.81. The second kappa shape index (κ2) is 10.8. The lowest BCUT2D eigenvalue weighted by atomic mass is 10.2. The summed E-state index contributed by atoms with van der Waals surface area (Å²) >= 11 is 0. The number of benzene rings is 2. The summed E-state index contributed by atoms with van der Waals surface area (Å²) in [7, 11) is -1.06. The molecule has 0 aliphatic carbocycles. The minimum Gasteiger partial charge on any atom is -0.384 e. The highest BCUT2D eigenvalue weighted by Gasteiger charge is 2.29. The largest absolute Gasteiger partial charge is 0.384 e. The number of hydrogen-bond acceptors (Lipinski definition) is 5. The molecular formula is C23H22F5N5O2S. The Morgan fingerprint density at radius 1 is 1.00 bits per heavy atom. The first-order valence-electron chi connectivity index (χ1n) is 10.9. The predicted octanol–water partition coefficient (Wildman–Crippen LogP) is 4.14. The lowest BCUT2D eigenvalue weighted by molar-refractivity contribution is 0.199. The van der Waals surface area contributed by atoms with Crippen LogP contribution in [0.25, 0.3) is 21.9 Å². The van der Waals surface area contributed by atoms with Crippen LogP contribution >= 0.6 is 0 Å². The van der Waals surface area contributed by atoms with E-state index in [0.29, 0.717) is 49.3 Å². The van der Waals surface area contributed by atoms with E-state index in [9.17, 15) is 26.2 Å². The monoisotopic (exact) mass is 527 g/mol. The van der Waals surface area contributed by atoms with Gasteiger partial charge in [-0.1, -0.05) is 18.2 Å². The van der Waals surface area contributed by atoms with E-state index in [4.69, 9.17) is 10.5 Å². The molecule has 0 saturated carbocycles. The Hall–Kier alpha value is -3.16. The number of hydrogen-bond donors (Lipinski definition) is 2. The predicted molar refractivity (Wildman–Crippen MR) is 125 cm³/mol. The van der Waals surface area contributed by atoms with Crippen molar-refractivity contribution < 1.29 is 30.9 Å². The number of nitrogens with two attached hydrogens (primary N) is 1. The number of aryl methyl sites for hydroxylation is 1. The molecule has 0 aliphatic heterocycles. The third-order valence-electron chi connectivity index (χ3n) is 5.62. The highest BCUT2D eigenvalue weighted by atomic mass is 32.2. The Balaban J connectivity index is 1.50. The van der Waals surface area contributed by atoms with Gasteiger partial charge in [-0.15, -0.1) is 0 Å². The number of anilines is 1. The lowest BCUT2D eigenvalue weighted by Crippen LogP contribution is -2.22. The quantitative estimate of drug-likeness (QED) is 0.140. The molecule has 2 heterocycles. The van der Waals surface area contributed by atoms with Crippen LogP contribution in [-0.4, -0.2) is 39.0 Å². The van der Waals surface area contributed by atoms with E-state index >= 15 is 0 Å². The smallest absolute Gasteiger partial charge is 0.200 e. The number of fused-ring (bicyclic) bond motifs is 3. The molecule has 1 atom stereocenters. The number of methoxy groups -OCH3 is 1. The molecule has 0 aliphatic rings. The second-order valence-corrected chi connectivity index (χ2v) is 9.14. The third kappa shape index (κ3) is 4.77. The summed E-state index contributed by atoms with van der Waals surface area (Å²) in [6, 6.07) is 7.49. The van der Waals surface area contributed by atoms with E-state index in [1.165, 1.54) is 0 Å². The number of imidazole rings is 1. The zero-order valence-corrected chi connectivity index (χ0v) is 19.9. The first-order valence-corrected chi connectivity index (χ1v) is 12.1. The van der Waals surface area contributed by atoms with Crippen LogP contribution in [-0.2, 0) is 28.7 Å². The van der Waals surface area contributed by atoms with E-state index in [-0.39, 0.29) is 6.54 Å². The van der Waals surface area contributed by atoms with Crippen LogP contribution in [0.5, 0.6) is 0 Å². The molecule has 7 nitrogen and oxygen atoms in total. The first kappa shape index (κ1) is 25.9. The van der Waals surface area contributed by atoms with Crippen LogP contribution < -0.4 is 10.5 Å². The van der Waals surface area contributed by atoms with E-state index in [1.54, 1.807) is 7.11 Å². The Kier molecular flexibility index (Phi) is 7.81. The second-order valence-electron chi connectivity index (χ2n) is 7.90. The molecule has 4 rings (SSSR count). The van der Waals surface area contributed by atoms with Gasteiger partial charge >= 0.3 is 0 Å². The van der Waals surface area contributed by atoms with E-state index < -0.39 is 45.0 Å². The van der Waals surface area contributed by atoms with Crippen LogP contribution in [0.15, 0.2) is 29.2 Å². The molecule has 0 spiro atoms. The highest BCUT2D eigenvalue weighted by molar-refractivity contribution is 7.83. The van der Waals surface area contributed by atoms with Crippen molar-refractivity contribution in [3.05, 3.63) is 59.2 Å².